The van der Waals surface area contributed by atoms with E-state index in [-0.39, 0.29) is 5.41 Å². The molecule has 10 aromatic carbocycles. The second-order valence-corrected chi connectivity index (χ2v) is 17.7. The van der Waals surface area contributed by atoms with Gasteiger partial charge in [-0.3, -0.25) is 0 Å². The molecule has 0 saturated heterocycles. The highest BCUT2D eigenvalue weighted by molar-refractivity contribution is 6.19. The van der Waals surface area contributed by atoms with Crippen LogP contribution in [0.25, 0.3) is 99.5 Å². The molecule has 0 bridgehead atoms. The Balaban J connectivity index is 0.903. The summed E-state index contributed by atoms with van der Waals surface area (Å²) in [6.45, 7) is 4.77. The number of nitrogens with zero attached hydrogens (tertiary/aromatic N) is 1. The lowest BCUT2D eigenvalue weighted by molar-refractivity contribution is 0.660. The summed E-state index contributed by atoms with van der Waals surface area (Å²) in [5.41, 5.74) is 22.8. The molecule has 0 radical (unpaired) electrons. The maximum atomic E-state index is 6.22. The van der Waals surface area contributed by atoms with Crippen LogP contribution in [0.2, 0.25) is 0 Å². The van der Waals surface area contributed by atoms with Gasteiger partial charge in [0.1, 0.15) is 11.2 Å². The fraction of sp³-hybridized carbons (Fsp3) is 0.0492. The number of anilines is 3. The van der Waals surface area contributed by atoms with Gasteiger partial charge in [0.05, 0.1) is 5.69 Å². The predicted octanol–water partition coefficient (Wildman–Crippen LogP) is 17.2. The summed E-state index contributed by atoms with van der Waals surface area (Å²) >= 11 is 0. The van der Waals surface area contributed by atoms with Gasteiger partial charge in [0, 0.05) is 32.9 Å². The van der Waals surface area contributed by atoms with Crippen LogP contribution in [0, 0.1) is 0 Å². The van der Waals surface area contributed by atoms with Crippen molar-refractivity contribution in [1.82, 2.24) is 0 Å². The molecule has 2 nitrogen and oxygen atoms in total. The minimum Gasteiger partial charge on any atom is -0.456 e. The standard InChI is InChI=1S/C61H41NO/c1-61(2)55-35-42(38-11-4-3-5-12-38)25-30-48(55)49-32-29-45(37-56(49)61)62(57-34-33-53-47-14-7-6-13-46(47)52-16-10-17-54(57)60(52)53)44-27-23-40(24-28-44)39-19-21-41(22-20-39)43-26-31-51-50-15-8-9-18-58(50)63-59(51)36-43/h3-37H,1-2H3. The molecule has 0 amide bonds. The summed E-state index contributed by atoms with van der Waals surface area (Å²) < 4.78 is 6.22. The lowest BCUT2D eigenvalue weighted by atomic mass is 9.81. The van der Waals surface area contributed by atoms with Gasteiger partial charge < -0.3 is 9.32 Å². The average molecular weight is 804 g/mol. The van der Waals surface area contributed by atoms with E-state index in [1.165, 1.54) is 83.2 Å². The average Bonchev–Trinajstić information content (AvgIpc) is 3.95. The van der Waals surface area contributed by atoms with Crippen molar-refractivity contribution < 1.29 is 4.42 Å². The highest BCUT2D eigenvalue weighted by Crippen LogP contribution is 2.54. The monoisotopic (exact) mass is 803 g/mol. The number of hydrogen-bond donors (Lipinski definition) is 0. The van der Waals surface area contributed by atoms with E-state index in [9.17, 15) is 0 Å². The van der Waals surface area contributed by atoms with Crippen molar-refractivity contribution in [2.75, 3.05) is 4.90 Å². The first kappa shape index (κ1) is 35.8. The van der Waals surface area contributed by atoms with E-state index in [1.807, 2.05) is 12.1 Å². The third-order valence-electron chi connectivity index (χ3n) is 13.8. The molecule has 0 saturated carbocycles. The SMILES string of the molecule is CC1(C)c2cc(-c3ccccc3)ccc2-c2ccc(N(c3ccc(-c4ccc(-c5ccc6c(c5)oc5ccccc56)cc4)cc3)c3ccc4c5c(cccc35)-c3ccccc3-4)cc21. The number of furan rings is 1. The van der Waals surface area contributed by atoms with Gasteiger partial charge in [0.25, 0.3) is 0 Å². The molecule has 0 fully saturated rings. The molecular formula is C61H41NO. The van der Waals surface area contributed by atoms with Crippen molar-refractivity contribution in [3.63, 3.8) is 0 Å². The highest BCUT2D eigenvalue weighted by Gasteiger charge is 2.36. The van der Waals surface area contributed by atoms with Crippen molar-refractivity contribution in [2.24, 2.45) is 0 Å². The maximum Gasteiger partial charge on any atom is 0.136 e. The fourth-order valence-corrected chi connectivity index (χ4v) is 10.7. The minimum atomic E-state index is -0.186. The Morgan fingerprint density at radius 3 is 1.62 bits per heavy atom. The summed E-state index contributed by atoms with van der Waals surface area (Å²) in [6, 6.07) is 78.0. The largest absolute Gasteiger partial charge is 0.456 e. The zero-order chi connectivity index (χ0) is 41.8. The van der Waals surface area contributed by atoms with Gasteiger partial charge in [0.15, 0.2) is 0 Å². The van der Waals surface area contributed by atoms with Crippen LogP contribution >= 0.6 is 0 Å². The van der Waals surface area contributed by atoms with Gasteiger partial charge in [-0.1, -0.05) is 172 Å². The minimum absolute atomic E-state index is 0.186. The van der Waals surface area contributed by atoms with Crippen molar-refractivity contribution in [3.05, 3.63) is 223 Å². The first-order chi connectivity index (χ1) is 31.0. The molecule has 0 aliphatic heterocycles. The van der Waals surface area contributed by atoms with E-state index in [1.54, 1.807) is 0 Å². The molecule has 2 heteroatoms. The van der Waals surface area contributed by atoms with Crippen LogP contribution in [0.1, 0.15) is 25.0 Å². The molecule has 1 aromatic heterocycles. The molecular weight excluding hydrogens is 763 g/mol. The summed E-state index contributed by atoms with van der Waals surface area (Å²) in [5.74, 6) is 0. The molecule has 0 atom stereocenters. The Morgan fingerprint density at radius 1 is 0.333 bits per heavy atom. The third kappa shape index (κ3) is 5.44. The Morgan fingerprint density at radius 2 is 0.841 bits per heavy atom. The van der Waals surface area contributed by atoms with Crippen LogP contribution < -0.4 is 4.90 Å². The summed E-state index contributed by atoms with van der Waals surface area (Å²) in [6.07, 6.45) is 0. The lowest BCUT2D eigenvalue weighted by Gasteiger charge is -2.29. The van der Waals surface area contributed by atoms with Gasteiger partial charge in [0.2, 0.25) is 0 Å². The Hall–Kier alpha value is -7.94. The van der Waals surface area contributed by atoms with Gasteiger partial charge >= 0.3 is 0 Å². The molecule has 0 N–H and O–H groups in total. The van der Waals surface area contributed by atoms with Crippen molar-refractivity contribution in [1.29, 1.82) is 0 Å². The van der Waals surface area contributed by atoms with Crippen LogP contribution in [0.5, 0.6) is 0 Å². The van der Waals surface area contributed by atoms with Crippen LogP contribution in [-0.2, 0) is 5.41 Å². The van der Waals surface area contributed by atoms with E-state index in [2.05, 4.69) is 219 Å². The second kappa shape index (κ2) is 13.5. The molecule has 0 unspecified atom stereocenters. The quantitative estimate of drug-likeness (QED) is 0.166. The van der Waals surface area contributed by atoms with Crippen molar-refractivity contribution in [2.45, 2.75) is 19.3 Å². The normalized spacial score (nSPS) is 13.0. The number of fused-ring (bicyclic) bond motifs is 9. The maximum absolute atomic E-state index is 6.22. The summed E-state index contributed by atoms with van der Waals surface area (Å²) in [4.78, 5) is 2.47. The Bertz CT molecular complexity index is 3600. The molecule has 1 heterocycles. The molecule has 13 rings (SSSR count). The zero-order valence-electron chi connectivity index (χ0n) is 35.1. The molecule has 11 aromatic rings. The van der Waals surface area contributed by atoms with Crippen LogP contribution in [0.4, 0.5) is 17.1 Å². The van der Waals surface area contributed by atoms with Gasteiger partial charge in [-0.25, -0.2) is 0 Å². The fourth-order valence-electron chi connectivity index (χ4n) is 10.7. The Kier molecular flexibility index (Phi) is 7.68. The van der Waals surface area contributed by atoms with Gasteiger partial charge in [-0.05, 0) is 138 Å². The van der Waals surface area contributed by atoms with Crippen molar-refractivity contribution in [3.8, 4) is 66.8 Å². The summed E-state index contributed by atoms with van der Waals surface area (Å²) in [7, 11) is 0. The first-order valence-electron chi connectivity index (χ1n) is 21.9. The van der Waals surface area contributed by atoms with Crippen LogP contribution in [0.3, 0.4) is 0 Å². The van der Waals surface area contributed by atoms with Crippen molar-refractivity contribution >= 4 is 49.8 Å². The lowest BCUT2D eigenvalue weighted by Crippen LogP contribution is -2.17. The number of rotatable bonds is 6. The van der Waals surface area contributed by atoms with E-state index in [0.29, 0.717) is 0 Å². The highest BCUT2D eigenvalue weighted by atomic mass is 16.3. The molecule has 63 heavy (non-hydrogen) atoms. The molecule has 296 valence electrons. The first-order valence-corrected chi connectivity index (χ1v) is 21.9. The number of benzene rings is 10. The molecule has 0 spiro atoms. The third-order valence-corrected chi connectivity index (χ3v) is 13.8. The van der Waals surface area contributed by atoms with E-state index in [0.717, 1.165) is 44.4 Å². The topological polar surface area (TPSA) is 16.4 Å². The van der Waals surface area contributed by atoms with E-state index < -0.39 is 0 Å². The zero-order valence-corrected chi connectivity index (χ0v) is 35.1. The number of hydrogen-bond acceptors (Lipinski definition) is 2. The molecule has 2 aliphatic carbocycles. The van der Waals surface area contributed by atoms with Crippen LogP contribution in [-0.4, -0.2) is 0 Å². The van der Waals surface area contributed by atoms with Gasteiger partial charge in [-0.15, -0.1) is 0 Å². The van der Waals surface area contributed by atoms with Crippen LogP contribution in [0.15, 0.2) is 217 Å². The predicted molar refractivity (Wildman–Crippen MR) is 264 cm³/mol. The smallest absolute Gasteiger partial charge is 0.136 e. The molecule has 2 aliphatic rings. The second-order valence-electron chi connectivity index (χ2n) is 17.7. The van der Waals surface area contributed by atoms with Gasteiger partial charge in [-0.2, -0.15) is 0 Å². The summed E-state index contributed by atoms with van der Waals surface area (Å²) in [5, 5.41) is 4.87. The van der Waals surface area contributed by atoms with E-state index >= 15 is 0 Å². The number of para-hydroxylation sites is 1. The Labute approximate surface area is 367 Å². The van der Waals surface area contributed by atoms with E-state index in [4.69, 9.17) is 4.42 Å².